The number of phenolic OH excluding ortho intramolecular Hbond substituents is 2. The lowest BCUT2D eigenvalue weighted by atomic mass is 10.0. The number of phenols is 2. The molecule has 7 nitrogen and oxygen atoms in total. The highest BCUT2D eigenvalue weighted by Gasteiger charge is 2.04. The Labute approximate surface area is 157 Å². The average molecular weight is 375 g/mol. The van der Waals surface area contributed by atoms with Gasteiger partial charge in [-0.25, -0.2) is 9.59 Å². The van der Waals surface area contributed by atoms with Gasteiger partial charge in [-0.15, -0.1) is 0 Å². The van der Waals surface area contributed by atoms with Crippen LogP contribution in [0, 0.1) is 0 Å². The monoisotopic (exact) mass is 375 g/mol. The Morgan fingerprint density at radius 2 is 1.44 bits per heavy atom. The largest absolute Gasteiger partial charge is 0.504 e. The van der Waals surface area contributed by atoms with E-state index in [-0.39, 0.29) is 11.5 Å². The zero-order valence-electron chi connectivity index (χ0n) is 15.2. The standard InChI is InChI=1S/C18H23NO2.C2H2O4/c1-2-15-5-3-4-6-16(15)10-12-19-11-9-14-7-8-17(20)18(21)13-14;3-1(4)2(5)6/h3-8,13,19-21H,2,9-12H2,1H3;(H,3,4)(H,5,6). The number of nitrogens with one attached hydrogen (secondary N) is 1. The number of hydrogen-bond acceptors (Lipinski definition) is 5. The van der Waals surface area contributed by atoms with Crippen molar-refractivity contribution in [3.63, 3.8) is 0 Å². The minimum atomic E-state index is -1.82. The number of aryl methyl sites for hydroxylation is 1. The van der Waals surface area contributed by atoms with Crippen LogP contribution >= 0.6 is 0 Å². The summed E-state index contributed by atoms with van der Waals surface area (Å²) in [5.41, 5.74) is 3.85. The van der Waals surface area contributed by atoms with E-state index in [1.165, 1.54) is 17.2 Å². The lowest BCUT2D eigenvalue weighted by Crippen LogP contribution is -2.20. The molecule has 2 rings (SSSR count). The third-order valence-electron chi connectivity index (χ3n) is 3.88. The molecule has 0 aliphatic heterocycles. The van der Waals surface area contributed by atoms with Gasteiger partial charge < -0.3 is 25.7 Å². The van der Waals surface area contributed by atoms with Crippen LogP contribution in [0.3, 0.4) is 0 Å². The molecule has 0 spiro atoms. The number of benzene rings is 2. The molecule has 0 radical (unpaired) electrons. The van der Waals surface area contributed by atoms with Crippen molar-refractivity contribution in [1.82, 2.24) is 5.32 Å². The fraction of sp³-hybridized carbons (Fsp3) is 0.300. The van der Waals surface area contributed by atoms with Gasteiger partial charge in [-0.1, -0.05) is 37.3 Å². The van der Waals surface area contributed by atoms with Crippen LogP contribution in [-0.4, -0.2) is 45.5 Å². The van der Waals surface area contributed by atoms with Crippen LogP contribution in [0.4, 0.5) is 0 Å². The second-order valence-corrected chi connectivity index (χ2v) is 5.81. The van der Waals surface area contributed by atoms with Crippen molar-refractivity contribution in [1.29, 1.82) is 0 Å². The lowest BCUT2D eigenvalue weighted by molar-refractivity contribution is -0.159. The third-order valence-corrected chi connectivity index (χ3v) is 3.88. The predicted octanol–water partition coefficient (Wildman–Crippen LogP) is 2.19. The Balaban J connectivity index is 0.000000527. The predicted molar refractivity (Wildman–Crippen MR) is 101 cm³/mol. The van der Waals surface area contributed by atoms with Crippen LogP contribution in [0.1, 0.15) is 23.6 Å². The number of carboxylic acid groups (broad SMARTS) is 2. The molecule has 0 saturated carbocycles. The summed E-state index contributed by atoms with van der Waals surface area (Å²) in [5.74, 6) is -3.77. The number of hydrogen-bond donors (Lipinski definition) is 5. The molecule has 0 aliphatic carbocycles. The number of aromatic hydroxyl groups is 2. The highest BCUT2D eigenvalue weighted by molar-refractivity contribution is 6.27. The summed E-state index contributed by atoms with van der Waals surface area (Å²) >= 11 is 0. The second kappa shape index (κ2) is 11.5. The number of rotatable bonds is 7. The maximum atomic E-state index is 9.44. The molecule has 0 unspecified atom stereocenters. The van der Waals surface area contributed by atoms with E-state index in [1.54, 1.807) is 6.07 Å². The van der Waals surface area contributed by atoms with Gasteiger partial charge >= 0.3 is 11.9 Å². The van der Waals surface area contributed by atoms with Gasteiger partial charge in [-0.2, -0.15) is 0 Å². The number of carboxylic acids is 2. The summed E-state index contributed by atoms with van der Waals surface area (Å²) in [6, 6.07) is 13.5. The quantitative estimate of drug-likeness (QED) is 0.285. The van der Waals surface area contributed by atoms with Gasteiger partial charge in [-0.05, 0) is 61.2 Å². The summed E-state index contributed by atoms with van der Waals surface area (Å²) in [6.45, 7) is 3.99. The van der Waals surface area contributed by atoms with E-state index in [1.807, 2.05) is 6.07 Å². The summed E-state index contributed by atoms with van der Waals surface area (Å²) in [5, 5.41) is 36.9. The zero-order chi connectivity index (χ0) is 20.2. The molecule has 0 aromatic heterocycles. The second-order valence-electron chi connectivity index (χ2n) is 5.81. The van der Waals surface area contributed by atoms with E-state index in [0.29, 0.717) is 0 Å². The summed E-state index contributed by atoms with van der Waals surface area (Å²) in [7, 11) is 0. The van der Waals surface area contributed by atoms with Gasteiger partial charge in [0.15, 0.2) is 11.5 Å². The third kappa shape index (κ3) is 8.24. The molecule has 0 saturated heterocycles. The van der Waals surface area contributed by atoms with Crippen molar-refractivity contribution >= 4 is 11.9 Å². The minimum absolute atomic E-state index is 0.0515. The molecule has 0 aliphatic rings. The van der Waals surface area contributed by atoms with E-state index >= 15 is 0 Å². The van der Waals surface area contributed by atoms with E-state index in [0.717, 1.165) is 37.9 Å². The molecule has 0 heterocycles. The van der Waals surface area contributed by atoms with Crippen LogP contribution in [-0.2, 0) is 28.9 Å². The van der Waals surface area contributed by atoms with Gasteiger partial charge in [0, 0.05) is 0 Å². The van der Waals surface area contributed by atoms with Crippen molar-refractivity contribution < 1.29 is 30.0 Å². The maximum Gasteiger partial charge on any atom is 0.414 e. The molecular formula is C20H25NO6. The molecule has 0 atom stereocenters. The van der Waals surface area contributed by atoms with Crippen molar-refractivity contribution in [3.8, 4) is 11.5 Å². The van der Waals surface area contributed by atoms with Gasteiger partial charge in [0.25, 0.3) is 0 Å². The van der Waals surface area contributed by atoms with Crippen molar-refractivity contribution in [2.24, 2.45) is 0 Å². The molecule has 0 fully saturated rings. The minimum Gasteiger partial charge on any atom is -0.504 e. The highest BCUT2D eigenvalue weighted by atomic mass is 16.4. The van der Waals surface area contributed by atoms with Crippen LogP contribution < -0.4 is 5.32 Å². The van der Waals surface area contributed by atoms with E-state index in [2.05, 4.69) is 36.5 Å². The average Bonchev–Trinajstić information content (AvgIpc) is 2.65. The van der Waals surface area contributed by atoms with Gasteiger partial charge in [0.05, 0.1) is 0 Å². The first kappa shape index (κ1) is 22.0. The Kier molecular flexibility index (Phi) is 9.39. The normalized spacial score (nSPS) is 9.96. The molecule has 146 valence electrons. The van der Waals surface area contributed by atoms with Crippen LogP contribution in [0.15, 0.2) is 42.5 Å². The highest BCUT2D eigenvalue weighted by Crippen LogP contribution is 2.24. The van der Waals surface area contributed by atoms with Crippen LogP contribution in [0.25, 0.3) is 0 Å². The molecular weight excluding hydrogens is 350 g/mol. The molecule has 7 heteroatoms. The smallest absolute Gasteiger partial charge is 0.414 e. The summed E-state index contributed by atoms with van der Waals surface area (Å²) in [6.07, 6.45) is 2.94. The molecule has 5 N–H and O–H groups in total. The first-order valence-electron chi connectivity index (χ1n) is 8.59. The number of carbonyl (C=O) groups is 2. The van der Waals surface area contributed by atoms with Crippen LogP contribution in [0.2, 0.25) is 0 Å². The fourth-order valence-corrected chi connectivity index (χ4v) is 2.45. The van der Waals surface area contributed by atoms with E-state index in [9.17, 15) is 10.2 Å². The van der Waals surface area contributed by atoms with E-state index in [4.69, 9.17) is 19.8 Å². The molecule has 2 aromatic carbocycles. The van der Waals surface area contributed by atoms with Crippen molar-refractivity contribution in [2.45, 2.75) is 26.2 Å². The van der Waals surface area contributed by atoms with Gasteiger partial charge in [0.1, 0.15) is 0 Å². The van der Waals surface area contributed by atoms with Crippen molar-refractivity contribution in [3.05, 3.63) is 59.2 Å². The topological polar surface area (TPSA) is 127 Å². The molecule has 27 heavy (non-hydrogen) atoms. The molecule has 0 amide bonds. The Morgan fingerprint density at radius 3 is 2.00 bits per heavy atom. The zero-order valence-corrected chi connectivity index (χ0v) is 15.2. The van der Waals surface area contributed by atoms with Gasteiger partial charge in [-0.3, -0.25) is 0 Å². The lowest BCUT2D eigenvalue weighted by Gasteiger charge is -2.09. The maximum absolute atomic E-state index is 9.44. The first-order chi connectivity index (χ1) is 12.8. The fourth-order valence-electron chi connectivity index (χ4n) is 2.45. The van der Waals surface area contributed by atoms with Crippen molar-refractivity contribution in [2.75, 3.05) is 13.1 Å². The number of aliphatic carboxylic acids is 2. The summed E-state index contributed by atoms with van der Waals surface area (Å²) < 4.78 is 0. The Morgan fingerprint density at radius 1 is 0.852 bits per heavy atom. The Bertz CT molecular complexity index is 748. The van der Waals surface area contributed by atoms with Gasteiger partial charge in [0.2, 0.25) is 0 Å². The van der Waals surface area contributed by atoms with Crippen LogP contribution in [0.5, 0.6) is 11.5 Å². The Hall–Kier alpha value is -3.06. The first-order valence-corrected chi connectivity index (χ1v) is 8.59. The van der Waals surface area contributed by atoms with E-state index < -0.39 is 11.9 Å². The molecule has 2 aromatic rings. The SMILES string of the molecule is CCc1ccccc1CCNCCc1ccc(O)c(O)c1.O=C(O)C(=O)O. The summed E-state index contributed by atoms with van der Waals surface area (Å²) in [4.78, 5) is 18.2. The molecule has 0 bridgehead atoms.